The number of thiophene rings is 1. The highest BCUT2D eigenvalue weighted by Gasteiger charge is 2.28. The number of nitrogens with zero attached hydrogens (tertiary/aromatic N) is 1. The molecule has 1 heterocycles. The molecule has 0 N–H and O–H groups in total. The number of rotatable bonds is 4. The largest absolute Gasteiger partial charge is 0.462 e. The van der Waals surface area contributed by atoms with Crippen LogP contribution in [0.4, 0.5) is 0 Å². The van der Waals surface area contributed by atoms with Gasteiger partial charge in [-0.15, -0.1) is 15.7 Å². The molecule has 0 fully saturated rings. The highest BCUT2D eigenvalue weighted by Crippen LogP contribution is 2.33. The maximum absolute atomic E-state index is 11.7. The van der Waals surface area contributed by atoms with Crippen molar-refractivity contribution >= 4 is 56.3 Å². The topological polar surface area (TPSA) is 72.8 Å². The molecule has 1 aromatic rings. The summed E-state index contributed by atoms with van der Waals surface area (Å²) in [6.07, 6.45) is 0. The first-order valence-corrected chi connectivity index (χ1v) is 7.33. The normalized spacial score (nSPS) is 10.7. The maximum Gasteiger partial charge on any atom is 0.349 e. The maximum atomic E-state index is 11.7. The lowest BCUT2D eigenvalue weighted by atomic mass is 10.5. The number of hydrogen-bond acceptors (Lipinski definition) is 6. The van der Waals surface area contributed by atoms with Gasteiger partial charge in [0.15, 0.2) is 0 Å². The van der Waals surface area contributed by atoms with Crippen molar-refractivity contribution < 1.29 is 17.9 Å². The van der Waals surface area contributed by atoms with Crippen LogP contribution >= 0.6 is 35.2 Å². The van der Waals surface area contributed by atoms with E-state index in [2.05, 4.69) is 16.6 Å². The highest BCUT2D eigenvalue weighted by atomic mass is 35.5. The number of halogens is 1. The molecule has 92 valence electrons. The monoisotopic (exact) mass is 311 g/mol. The van der Waals surface area contributed by atoms with E-state index in [9.17, 15) is 13.2 Å². The first-order valence-electron chi connectivity index (χ1n) is 4.22. The second kappa shape index (κ2) is 5.70. The van der Waals surface area contributed by atoms with Gasteiger partial charge in [-0.1, -0.05) is 11.6 Å². The molecular formula is C8H6ClNO4S3. The SMILES string of the molecule is CCOC(=O)c1scc(Cl)c1S(=O)(=O)N=C=S. The number of thiocarbonyl (C=S) groups is 1. The fourth-order valence-corrected chi connectivity index (χ4v) is 3.93. The molecule has 1 rings (SSSR count). The van der Waals surface area contributed by atoms with Gasteiger partial charge in [0.2, 0.25) is 0 Å². The predicted molar refractivity (Wildman–Crippen MR) is 67.5 cm³/mol. The molecule has 0 amide bonds. The van der Waals surface area contributed by atoms with Crippen molar-refractivity contribution in [1.82, 2.24) is 0 Å². The number of isothiocyanates is 1. The van der Waals surface area contributed by atoms with E-state index in [4.69, 9.17) is 16.3 Å². The van der Waals surface area contributed by atoms with Crippen molar-refractivity contribution in [2.24, 2.45) is 4.40 Å². The fraction of sp³-hybridized carbons (Fsp3) is 0.250. The summed E-state index contributed by atoms with van der Waals surface area (Å²) < 4.78 is 31.1. The lowest BCUT2D eigenvalue weighted by Crippen LogP contribution is -2.08. The van der Waals surface area contributed by atoms with E-state index in [1.54, 1.807) is 12.1 Å². The third-order valence-electron chi connectivity index (χ3n) is 1.58. The molecule has 0 radical (unpaired) electrons. The molecule has 17 heavy (non-hydrogen) atoms. The van der Waals surface area contributed by atoms with Gasteiger partial charge in [0.25, 0.3) is 10.0 Å². The first kappa shape index (κ1) is 14.3. The van der Waals surface area contributed by atoms with Crippen molar-refractivity contribution in [3.63, 3.8) is 0 Å². The Kier molecular flexibility index (Phi) is 4.79. The number of carbonyl (C=O) groups is 1. The Morgan fingerprint density at radius 1 is 1.71 bits per heavy atom. The standard InChI is InChI=1S/C8H6ClNO4S3/c1-2-14-8(11)6-7(5(9)3-16-6)17(12,13)10-4-15/h3H,2H2,1H3. The van der Waals surface area contributed by atoms with E-state index in [-0.39, 0.29) is 21.4 Å². The number of ether oxygens (including phenoxy) is 1. The Morgan fingerprint density at radius 2 is 2.35 bits per heavy atom. The molecular weight excluding hydrogens is 306 g/mol. The summed E-state index contributed by atoms with van der Waals surface area (Å²) in [5.74, 6) is -0.762. The number of esters is 1. The lowest BCUT2D eigenvalue weighted by molar-refractivity contribution is 0.0528. The Hall–Kier alpha value is -0.790. The first-order chi connectivity index (χ1) is 7.94. The molecule has 0 aliphatic heterocycles. The second-order valence-electron chi connectivity index (χ2n) is 2.62. The quantitative estimate of drug-likeness (QED) is 0.485. The minimum absolute atomic E-state index is 0.0907. The van der Waals surface area contributed by atoms with Gasteiger partial charge in [0.05, 0.1) is 16.8 Å². The van der Waals surface area contributed by atoms with Crippen molar-refractivity contribution in [2.45, 2.75) is 11.8 Å². The predicted octanol–water partition coefficient (Wildman–Crippen LogP) is 2.37. The van der Waals surface area contributed by atoms with Gasteiger partial charge < -0.3 is 4.74 Å². The summed E-state index contributed by atoms with van der Waals surface area (Å²) in [6.45, 7) is 1.74. The van der Waals surface area contributed by atoms with E-state index in [1.807, 2.05) is 0 Å². The lowest BCUT2D eigenvalue weighted by Gasteiger charge is -2.01. The van der Waals surface area contributed by atoms with Crippen LogP contribution in [0.1, 0.15) is 16.6 Å². The Balaban J connectivity index is 3.39. The molecule has 0 saturated heterocycles. The summed E-state index contributed by atoms with van der Waals surface area (Å²) in [5, 5.41) is 2.96. The van der Waals surface area contributed by atoms with Crippen LogP contribution in [0.15, 0.2) is 14.7 Å². The van der Waals surface area contributed by atoms with Crippen LogP contribution < -0.4 is 0 Å². The number of sulfonamides is 1. The Bertz CT molecular complexity index is 586. The van der Waals surface area contributed by atoms with Gasteiger partial charge in [-0.05, 0) is 19.1 Å². The van der Waals surface area contributed by atoms with Crippen LogP contribution in [0.2, 0.25) is 5.02 Å². The molecule has 0 aliphatic rings. The third-order valence-corrected chi connectivity index (χ3v) is 4.69. The summed E-state index contributed by atoms with van der Waals surface area (Å²) in [5.41, 5.74) is 0. The van der Waals surface area contributed by atoms with E-state index in [1.165, 1.54) is 5.38 Å². The Labute approximate surface area is 112 Å². The second-order valence-corrected chi connectivity index (χ2v) is 5.63. The van der Waals surface area contributed by atoms with Gasteiger partial charge >= 0.3 is 5.97 Å². The molecule has 9 heteroatoms. The van der Waals surface area contributed by atoms with E-state index < -0.39 is 16.0 Å². The van der Waals surface area contributed by atoms with E-state index in [0.29, 0.717) is 0 Å². The summed E-state index contributed by atoms with van der Waals surface area (Å²) in [4.78, 5) is 11.0. The molecule has 1 aromatic heterocycles. The van der Waals surface area contributed by atoms with Crippen LogP contribution in [0, 0.1) is 0 Å². The van der Waals surface area contributed by atoms with Gasteiger partial charge in [-0.25, -0.2) is 4.79 Å². The molecule has 0 bridgehead atoms. The van der Waals surface area contributed by atoms with Gasteiger partial charge in [-0.3, -0.25) is 0 Å². The van der Waals surface area contributed by atoms with Crippen LogP contribution in [0.3, 0.4) is 0 Å². The highest BCUT2D eigenvalue weighted by molar-refractivity contribution is 7.91. The molecule has 0 spiro atoms. The van der Waals surface area contributed by atoms with Crippen molar-refractivity contribution in [3.8, 4) is 0 Å². The molecule has 0 unspecified atom stereocenters. The van der Waals surface area contributed by atoms with Gasteiger partial charge in [0.1, 0.15) is 9.77 Å². The van der Waals surface area contributed by atoms with Gasteiger partial charge in [0, 0.05) is 5.38 Å². The smallest absolute Gasteiger partial charge is 0.349 e. The van der Waals surface area contributed by atoms with Crippen molar-refractivity contribution in [3.05, 3.63) is 15.3 Å². The molecule has 0 aliphatic carbocycles. The van der Waals surface area contributed by atoms with Crippen LogP contribution in [-0.2, 0) is 14.8 Å². The zero-order valence-corrected chi connectivity index (χ0v) is 11.7. The molecule has 0 atom stereocenters. The van der Waals surface area contributed by atoms with Crippen LogP contribution in [-0.4, -0.2) is 26.2 Å². The van der Waals surface area contributed by atoms with Crippen molar-refractivity contribution in [2.75, 3.05) is 6.61 Å². The average Bonchev–Trinajstić information content (AvgIpc) is 2.61. The van der Waals surface area contributed by atoms with Gasteiger partial charge in [-0.2, -0.15) is 8.42 Å². The minimum Gasteiger partial charge on any atom is -0.462 e. The Morgan fingerprint density at radius 3 is 2.88 bits per heavy atom. The average molecular weight is 312 g/mol. The van der Waals surface area contributed by atoms with Crippen LogP contribution in [0.5, 0.6) is 0 Å². The fourth-order valence-electron chi connectivity index (χ4n) is 0.999. The zero-order valence-electron chi connectivity index (χ0n) is 8.47. The molecule has 5 nitrogen and oxygen atoms in total. The van der Waals surface area contributed by atoms with Crippen molar-refractivity contribution in [1.29, 1.82) is 0 Å². The minimum atomic E-state index is -4.10. The molecule has 0 aromatic carbocycles. The molecule has 0 saturated carbocycles. The number of carbonyl (C=O) groups excluding carboxylic acids is 1. The summed E-state index contributed by atoms with van der Waals surface area (Å²) >= 11 is 10.8. The third kappa shape index (κ3) is 3.11. The summed E-state index contributed by atoms with van der Waals surface area (Å²) in [6, 6.07) is 0. The zero-order chi connectivity index (χ0) is 13.1. The van der Waals surface area contributed by atoms with Crippen LogP contribution in [0.25, 0.3) is 0 Å². The van der Waals surface area contributed by atoms with E-state index >= 15 is 0 Å². The summed E-state index contributed by atoms with van der Waals surface area (Å²) in [7, 11) is -4.10. The van der Waals surface area contributed by atoms with E-state index in [0.717, 1.165) is 11.3 Å². The number of hydrogen-bond donors (Lipinski definition) is 0.